The highest BCUT2D eigenvalue weighted by Crippen LogP contribution is 2.62. The van der Waals surface area contributed by atoms with Crippen molar-refractivity contribution in [2.75, 3.05) is 33.7 Å². The van der Waals surface area contributed by atoms with Crippen LogP contribution < -0.4 is 0 Å². The van der Waals surface area contributed by atoms with Gasteiger partial charge in [0.15, 0.2) is 0 Å². The van der Waals surface area contributed by atoms with Crippen molar-refractivity contribution in [1.29, 1.82) is 0 Å². The van der Waals surface area contributed by atoms with Crippen LogP contribution in [0.25, 0.3) is 0 Å². The Morgan fingerprint density at radius 1 is 1.25 bits per heavy atom. The molecule has 1 aromatic carbocycles. The number of rotatable bonds is 5. The summed E-state index contributed by atoms with van der Waals surface area (Å²) in [5.41, 5.74) is 2.53. The fourth-order valence-corrected chi connectivity index (χ4v) is 5.21. The average molecular weight is 330 g/mol. The van der Waals surface area contributed by atoms with Crippen molar-refractivity contribution in [3.05, 3.63) is 35.4 Å². The van der Waals surface area contributed by atoms with Crippen molar-refractivity contribution in [1.82, 2.24) is 9.80 Å². The molecule has 1 aliphatic heterocycles. The predicted molar refractivity (Wildman–Crippen MR) is 95.5 cm³/mol. The summed E-state index contributed by atoms with van der Waals surface area (Å²) in [5, 5.41) is 9.12. The molecule has 132 valence electrons. The highest BCUT2D eigenvalue weighted by atomic mass is 16.3. The zero-order valence-electron chi connectivity index (χ0n) is 15.4. The second-order valence-electron chi connectivity index (χ2n) is 8.74. The van der Waals surface area contributed by atoms with E-state index in [9.17, 15) is 4.79 Å². The number of likely N-dealkylation sites (tertiary alicyclic amines) is 1. The van der Waals surface area contributed by atoms with Gasteiger partial charge in [-0.05, 0) is 43.0 Å². The molecular formula is C20H30N2O2. The van der Waals surface area contributed by atoms with Crippen LogP contribution in [0.5, 0.6) is 0 Å². The van der Waals surface area contributed by atoms with E-state index < -0.39 is 0 Å². The molecule has 0 aromatic heterocycles. The molecule has 1 aliphatic carbocycles. The van der Waals surface area contributed by atoms with Crippen LogP contribution in [0.2, 0.25) is 0 Å². The third-order valence-electron chi connectivity index (χ3n) is 5.94. The van der Waals surface area contributed by atoms with Crippen LogP contribution in [-0.2, 0) is 17.8 Å². The van der Waals surface area contributed by atoms with Gasteiger partial charge in [-0.3, -0.25) is 4.79 Å². The molecule has 24 heavy (non-hydrogen) atoms. The molecule has 1 saturated heterocycles. The molecule has 1 heterocycles. The molecule has 3 rings (SSSR count). The maximum absolute atomic E-state index is 12.8. The Hall–Kier alpha value is -1.39. The second-order valence-corrected chi connectivity index (χ2v) is 8.74. The summed E-state index contributed by atoms with van der Waals surface area (Å²) in [6, 6.07) is 7.70. The molecule has 2 aliphatic rings. The first kappa shape index (κ1) is 17.4. The normalized spacial score (nSPS) is 27.9. The summed E-state index contributed by atoms with van der Waals surface area (Å²) in [7, 11) is 4.26. The Morgan fingerprint density at radius 3 is 2.42 bits per heavy atom. The fourth-order valence-electron chi connectivity index (χ4n) is 5.21. The largest absolute Gasteiger partial charge is 0.392 e. The van der Waals surface area contributed by atoms with Gasteiger partial charge in [-0.25, -0.2) is 0 Å². The first-order valence-electron chi connectivity index (χ1n) is 8.87. The second kappa shape index (κ2) is 6.16. The van der Waals surface area contributed by atoms with Gasteiger partial charge in [-0.15, -0.1) is 0 Å². The maximum Gasteiger partial charge on any atom is 0.227 e. The molecule has 1 N–H and O–H groups in total. The van der Waals surface area contributed by atoms with Crippen molar-refractivity contribution in [2.45, 2.75) is 33.3 Å². The summed E-state index contributed by atoms with van der Waals surface area (Å²) in [5.74, 6) is 0.836. The minimum absolute atomic E-state index is 0.0458. The Bertz CT molecular complexity index is 605. The van der Waals surface area contributed by atoms with E-state index in [4.69, 9.17) is 5.11 Å². The summed E-state index contributed by atoms with van der Waals surface area (Å²) >= 11 is 0. The zero-order valence-corrected chi connectivity index (χ0v) is 15.4. The van der Waals surface area contributed by atoms with Crippen molar-refractivity contribution in [3.63, 3.8) is 0 Å². The molecule has 0 unspecified atom stereocenters. The van der Waals surface area contributed by atoms with Gasteiger partial charge in [-0.2, -0.15) is 0 Å². The van der Waals surface area contributed by atoms with E-state index >= 15 is 0 Å². The Balaban J connectivity index is 1.68. The van der Waals surface area contributed by atoms with Gasteiger partial charge < -0.3 is 14.9 Å². The van der Waals surface area contributed by atoms with E-state index in [1.54, 1.807) is 0 Å². The molecule has 4 heteroatoms. The third kappa shape index (κ3) is 3.09. The molecule has 1 aromatic rings. The summed E-state index contributed by atoms with van der Waals surface area (Å²) < 4.78 is 0. The molecule has 1 saturated carbocycles. The van der Waals surface area contributed by atoms with Crippen LogP contribution in [0, 0.1) is 16.7 Å². The van der Waals surface area contributed by atoms with Crippen LogP contribution >= 0.6 is 0 Å². The predicted octanol–water partition coefficient (Wildman–Crippen LogP) is 2.16. The number of benzene rings is 1. The van der Waals surface area contributed by atoms with Gasteiger partial charge in [0.05, 0.1) is 13.0 Å². The lowest BCUT2D eigenvalue weighted by Gasteiger charge is -2.57. The van der Waals surface area contributed by atoms with Gasteiger partial charge in [-0.1, -0.05) is 38.1 Å². The number of hydrogen-bond acceptors (Lipinski definition) is 3. The van der Waals surface area contributed by atoms with Gasteiger partial charge in [0.1, 0.15) is 0 Å². The number of amides is 1. The Labute approximate surface area is 145 Å². The molecule has 2 atom stereocenters. The summed E-state index contributed by atoms with van der Waals surface area (Å²) in [6.07, 6.45) is 1.66. The van der Waals surface area contributed by atoms with Crippen LogP contribution in [0.3, 0.4) is 0 Å². The monoisotopic (exact) mass is 330 g/mol. The van der Waals surface area contributed by atoms with E-state index in [2.05, 4.69) is 37.7 Å². The smallest absolute Gasteiger partial charge is 0.227 e. The molecule has 0 spiro atoms. The van der Waals surface area contributed by atoms with Crippen molar-refractivity contribution in [3.8, 4) is 0 Å². The fraction of sp³-hybridized carbons (Fsp3) is 0.650. The van der Waals surface area contributed by atoms with Crippen LogP contribution in [0.4, 0.5) is 0 Å². The van der Waals surface area contributed by atoms with Crippen molar-refractivity contribution < 1.29 is 9.90 Å². The van der Waals surface area contributed by atoms with Crippen LogP contribution in [0.1, 0.15) is 31.4 Å². The Kier molecular flexibility index (Phi) is 4.47. The number of carbonyl (C=O) groups is 1. The van der Waals surface area contributed by atoms with Gasteiger partial charge in [0, 0.05) is 25.0 Å². The standard InChI is InChI=1S/C20H30N2O2/c1-19(2)12-20(13-21(3)4)14-22(10-17(19)20)18(24)9-15-5-7-16(11-23)8-6-15/h5-8,17,23H,9-14H2,1-4H3/t17-,20+/m1/s1. The Morgan fingerprint density at radius 2 is 1.88 bits per heavy atom. The minimum atomic E-state index is 0.0458. The number of fused-ring (bicyclic) bond motifs is 1. The molecule has 4 nitrogen and oxygen atoms in total. The zero-order chi connectivity index (χ0) is 17.5. The number of aliphatic hydroxyl groups excluding tert-OH is 1. The third-order valence-corrected chi connectivity index (χ3v) is 5.94. The van der Waals surface area contributed by atoms with Crippen LogP contribution in [0.15, 0.2) is 24.3 Å². The average Bonchev–Trinajstić information content (AvgIpc) is 2.82. The van der Waals surface area contributed by atoms with E-state index in [0.29, 0.717) is 17.8 Å². The summed E-state index contributed by atoms with van der Waals surface area (Å²) in [6.45, 7) is 7.59. The first-order valence-corrected chi connectivity index (χ1v) is 8.87. The lowest BCUT2D eigenvalue weighted by molar-refractivity contribution is -0.129. The van der Waals surface area contributed by atoms with Gasteiger partial charge in [0.2, 0.25) is 5.91 Å². The topological polar surface area (TPSA) is 43.8 Å². The number of nitrogens with zero attached hydrogens (tertiary/aromatic N) is 2. The molecule has 0 bridgehead atoms. The quantitative estimate of drug-likeness (QED) is 0.900. The lowest BCUT2D eigenvalue weighted by atomic mass is 9.48. The molecular weight excluding hydrogens is 300 g/mol. The number of hydrogen-bond donors (Lipinski definition) is 1. The number of carbonyl (C=O) groups excluding carboxylic acids is 1. The first-order chi connectivity index (χ1) is 11.3. The van der Waals surface area contributed by atoms with E-state index in [0.717, 1.165) is 30.8 Å². The van der Waals surface area contributed by atoms with Crippen LogP contribution in [-0.4, -0.2) is 54.5 Å². The van der Waals surface area contributed by atoms with E-state index in [-0.39, 0.29) is 17.9 Å². The highest BCUT2D eigenvalue weighted by Gasteiger charge is 2.63. The van der Waals surface area contributed by atoms with Gasteiger partial charge in [0.25, 0.3) is 0 Å². The lowest BCUT2D eigenvalue weighted by Crippen LogP contribution is -2.57. The van der Waals surface area contributed by atoms with Crippen molar-refractivity contribution in [2.24, 2.45) is 16.7 Å². The van der Waals surface area contributed by atoms with E-state index in [1.165, 1.54) is 6.42 Å². The van der Waals surface area contributed by atoms with Gasteiger partial charge >= 0.3 is 0 Å². The SMILES string of the molecule is CN(C)C[C@@]12CN(C(=O)Cc3ccc(CO)cc3)C[C@@H]1C(C)(C)C2. The number of aliphatic hydroxyl groups is 1. The maximum atomic E-state index is 12.8. The molecule has 2 fully saturated rings. The molecule has 0 radical (unpaired) electrons. The summed E-state index contributed by atoms with van der Waals surface area (Å²) in [4.78, 5) is 17.1. The molecule has 1 amide bonds. The minimum Gasteiger partial charge on any atom is -0.392 e. The van der Waals surface area contributed by atoms with E-state index in [1.807, 2.05) is 24.3 Å². The van der Waals surface area contributed by atoms with Crippen molar-refractivity contribution >= 4 is 5.91 Å². The highest BCUT2D eigenvalue weighted by molar-refractivity contribution is 5.79.